The van der Waals surface area contributed by atoms with E-state index in [2.05, 4.69) is 9.89 Å². The lowest BCUT2D eigenvalue weighted by atomic mass is 10.1. The zero-order valence-corrected chi connectivity index (χ0v) is 18.4. The average Bonchev–Trinajstić information content (AvgIpc) is 2.83. The highest BCUT2D eigenvalue weighted by molar-refractivity contribution is 6.01. The predicted molar refractivity (Wildman–Crippen MR) is 127 cm³/mol. The van der Waals surface area contributed by atoms with Crippen LogP contribution in [0.15, 0.2) is 58.3 Å². The van der Waals surface area contributed by atoms with Gasteiger partial charge in [0, 0.05) is 43.2 Å². The Morgan fingerprint density at radius 1 is 1.09 bits per heavy atom. The molecule has 2 heterocycles. The molecule has 0 radical (unpaired) electrons. The molecule has 1 aromatic heterocycles. The van der Waals surface area contributed by atoms with Crippen molar-refractivity contribution in [3.8, 4) is 17.3 Å². The molecule has 7 nitrogen and oxygen atoms in total. The van der Waals surface area contributed by atoms with Crippen molar-refractivity contribution in [3.63, 3.8) is 0 Å². The third-order valence-electron chi connectivity index (χ3n) is 5.60. The Hall–Kier alpha value is -3.16. The van der Waals surface area contributed by atoms with Crippen LogP contribution >= 0.6 is 0 Å². The van der Waals surface area contributed by atoms with E-state index in [1.165, 1.54) is 4.57 Å². The molecule has 1 N–H and O–H groups in total. The Labute approximate surface area is 187 Å². The smallest absolute Gasteiger partial charge is 0.265 e. The molecule has 4 rings (SSSR count). The molecule has 0 spiro atoms. The first-order valence-electron chi connectivity index (χ1n) is 11.1. The maximum atomic E-state index is 13.3. The van der Waals surface area contributed by atoms with Gasteiger partial charge in [0.1, 0.15) is 5.75 Å². The van der Waals surface area contributed by atoms with Gasteiger partial charge in [-0.05, 0) is 31.5 Å². The molecule has 0 unspecified atom stereocenters. The molecule has 32 heavy (non-hydrogen) atoms. The van der Waals surface area contributed by atoms with Crippen molar-refractivity contribution in [2.45, 2.75) is 13.3 Å². The SMILES string of the molecule is CCOc1ccccc1-n1c(O)c(C=NCCCN2CCOCC2)c2ccccc2c1=O. The van der Waals surface area contributed by atoms with Crippen molar-refractivity contribution >= 4 is 17.0 Å². The van der Waals surface area contributed by atoms with Crippen LogP contribution in [0.5, 0.6) is 11.6 Å². The van der Waals surface area contributed by atoms with E-state index >= 15 is 0 Å². The summed E-state index contributed by atoms with van der Waals surface area (Å²) in [5, 5.41) is 12.4. The number of aliphatic imine (C=N–C) groups is 1. The lowest BCUT2D eigenvalue weighted by Crippen LogP contribution is -2.37. The molecule has 0 bridgehead atoms. The number of aromatic nitrogens is 1. The van der Waals surface area contributed by atoms with Gasteiger partial charge in [-0.3, -0.25) is 14.7 Å². The first kappa shape index (κ1) is 22.0. The van der Waals surface area contributed by atoms with E-state index in [1.54, 1.807) is 24.4 Å². The van der Waals surface area contributed by atoms with Gasteiger partial charge in [-0.15, -0.1) is 0 Å². The fraction of sp³-hybridized carbons (Fsp3) is 0.360. The van der Waals surface area contributed by atoms with Gasteiger partial charge in [0.2, 0.25) is 5.88 Å². The van der Waals surface area contributed by atoms with Crippen molar-refractivity contribution in [2.24, 2.45) is 4.99 Å². The summed E-state index contributed by atoms with van der Waals surface area (Å²) in [6.45, 7) is 7.43. The van der Waals surface area contributed by atoms with Crippen LogP contribution in [0.2, 0.25) is 0 Å². The van der Waals surface area contributed by atoms with E-state index in [4.69, 9.17) is 9.47 Å². The fourth-order valence-corrected chi connectivity index (χ4v) is 4.00. The Morgan fingerprint density at radius 2 is 1.81 bits per heavy atom. The van der Waals surface area contributed by atoms with Crippen molar-refractivity contribution < 1.29 is 14.6 Å². The number of aromatic hydroxyl groups is 1. The summed E-state index contributed by atoms with van der Waals surface area (Å²) >= 11 is 0. The predicted octanol–water partition coefficient (Wildman–Crippen LogP) is 3.24. The van der Waals surface area contributed by atoms with E-state index in [1.807, 2.05) is 37.3 Å². The molecule has 1 aliphatic heterocycles. The molecule has 7 heteroatoms. The Morgan fingerprint density at radius 3 is 2.59 bits per heavy atom. The molecule has 168 valence electrons. The molecule has 3 aromatic rings. The van der Waals surface area contributed by atoms with E-state index < -0.39 is 0 Å². The van der Waals surface area contributed by atoms with Gasteiger partial charge in [0.25, 0.3) is 5.56 Å². The van der Waals surface area contributed by atoms with Gasteiger partial charge in [0.05, 0.1) is 31.1 Å². The van der Waals surface area contributed by atoms with Gasteiger partial charge in [-0.1, -0.05) is 30.3 Å². The monoisotopic (exact) mass is 435 g/mol. The highest BCUT2D eigenvalue weighted by Gasteiger charge is 2.18. The lowest BCUT2D eigenvalue weighted by Gasteiger charge is -2.26. The summed E-state index contributed by atoms with van der Waals surface area (Å²) in [5.74, 6) is 0.397. The fourth-order valence-electron chi connectivity index (χ4n) is 4.00. The number of hydrogen-bond donors (Lipinski definition) is 1. The standard InChI is InChI=1S/C25H29N3O4/c1-2-32-23-11-6-5-10-22(23)28-24(29)20-9-4-3-8-19(20)21(25(28)30)18-26-12-7-13-27-14-16-31-17-15-27/h3-6,8-11,18,30H,2,7,12-17H2,1H3. The van der Waals surface area contributed by atoms with Crippen LogP contribution in [-0.4, -0.2) is 66.8 Å². The Balaban J connectivity index is 1.67. The van der Waals surface area contributed by atoms with E-state index in [-0.39, 0.29) is 11.4 Å². The maximum absolute atomic E-state index is 13.3. The molecule has 1 aliphatic rings. The Kier molecular flexibility index (Phi) is 7.19. The van der Waals surface area contributed by atoms with Crippen molar-refractivity contribution in [1.82, 2.24) is 9.47 Å². The highest BCUT2D eigenvalue weighted by atomic mass is 16.5. The number of para-hydroxylation sites is 2. The summed E-state index contributed by atoms with van der Waals surface area (Å²) in [5.41, 5.74) is 0.733. The minimum absolute atomic E-state index is 0.141. The number of ether oxygens (including phenoxy) is 2. The first-order chi connectivity index (χ1) is 15.7. The van der Waals surface area contributed by atoms with E-state index in [9.17, 15) is 9.90 Å². The summed E-state index contributed by atoms with van der Waals surface area (Å²) < 4.78 is 12.4. The van der Waals surface area contributed by atoms with Crippen LogP contribution in [-0.2, 0) is 4.74 Å². The van der Waals surface area contributed by atoms with Gasteiger partial charge < -0.3 is 14.6 Å². The molecule has 0 saturated carbocycles. The van der Waals surface area contributed by atoms with Gasteiger partial charge in [0.15, 0.2) is 0 Å². The largest absolute Gasteiger partial charge is 0.494 e. The Bertz CT molecular complexity index is 1150. The number of hydrogen-bond acceptors (Lipinski definition) is 6. The first-order valence-corrected chi connectivity index (χ1v) is 11.1. The quantitative estimate of drug-likeness (QED) is 0.434. The van der Waals surface area contributed by atoms with Crippen molar-refractivity contribution in [2.75, 3.05) is 46.0 Å². The van der Waals surface area contributed by atoms with Crippen molar-refractivity contribution in [1.29, 1.82) is 0 Å². The zero-order valence-electron chi connectivity index (χ0n) is 18.4. The van der Waals surface area contributed by atoms with Gasteiger partial charge in [-0.2, -0.15) is 0 Å². The second-order valence-electron chi connectivity index (χ2n) is 7.67. The summed E-state index contributed by atoms with van der Waals surface area (Å²) in [6.07, 6.45) is 2.60. The molecule has 0 amide bonds. The topological polar surface area (TPSA) is 76.3 Å². The average molecular weight is 436 g/mol. The molecule has 1 saturated heterocycles. The van der Waals surface area contributed by atoms with Crippen molar-refractivity contribution in [3.05, 3.63) is 64.4 Å². The molecule has 2 aromatic carbocycles. The summed E-state index contributed by atoms with van der Waals surface area (Å²) in [4.78, 5) is 20.2. The normalized spacial score (nSPS) is 14.9. The zero-order chi connectivity index (χ0) is 22.3. The number of morpholine rings is 1. The van der Waals surface area contributed by atoms with Crippen LogP contribution < -0.4 is 10.3 Å². The number of nitrogens with zero attached hydrogens (tertiary/aromatic N) is 3. The minimum Gasteiger partial charge on any atom is -0.494 e. The molecule has 0 atom stereocenters. The molecule has 1 fully saturated rings. The number of benzene rings is 2. The second kappa shape index (κ2) is 10.4. The van der Waals surface area contributed by atoms with Gasteiger partial charge in [-0.25, -0.2) is 4.57 Å². The number of pyridine rings is 1. The second-order valence-corrected chi connectivity index (χ2v) is 7.67. The number of rotatable bonds is 8. The van der Waals surface area contributed by atoms with Crippen LogP contribution in [0.1, 0.15) is 18.9 Å². The van der Waals surface area contributed by atoms with Crippen LogP contribution in [0.3, 0.4) is 0 Å². The highest BCUT2D eigenvalue weighted by Crippen LogP contribution is 2.30. The summed E-state index contributed by atoms with van der Waals surface area (Å²) in [6, 6.07) is 14.5. The third-order valence-corrected chi connectivity index (χ3v) is 5.60. The van der Waals surface area contributed by atoms with Crippen LogP contribution in [0.4, 0.5) is 0 Å². The molecular weight excluding hydrogens is 406 g/mol. The minimum atomic E-state index is -0.297. The molecular formula is C25H29N3O4. The maximum Gasteiger partial charge on any atom is 0.265 e. The molecule has 0 aliphatic carbocycles. The van der Waals surface area contributed by atoms with Crippen LogP contribution in [0.25, 0.3) is 16.5 Å². The summed E-state index contributed by atoms with van der Waals surface area (Å²) in [7, 11) is 0. The van der Waals surface area contributed by atoms with E-state index in [0.29, 0.717) is 40.9 Å². The number of fused-ring (bicyclic) bond motifs is 1. The van der Waals surface area contributed by atoms with Crippen LogP contribution in [0, 0.1) is 0 Å². The van der Waals surface area contributed by atoms with E-state index in [0.717, 1.165) is 39.3 Å². The van der Waals surface area contributed by atoms with Gasteiger partial charge >= 0.3 is 0 Å². The third kappa shape index (κ3) is 4.69. The lowest BCUT2D eigenvalue weighted by molar-refractivity contribution is 0.0377.